The minimum absolute atomic E-state index is 0.0495. The van der Waals surface area contributed by atoms with Gasteiger partial charge in [0.2, 0.25) is 0 Å². The van der Waals surface area contributed by atoms with Crippen LogP contribution in [0.2, 0.25) is 0 Å². The summed E-state index contributed by atoms with van der Waals surface area (Å²) in [7, 11) is -1.30. The first-order valence-electron chi connectivity index (χ1n) is 8.13. The first-order valence-corrected chi connectivity index (χ1v) is 8.13. The Morgan fingerprint density at radius 2 is 1.81 bits per heavy atom. The van der Waals surface area contributed by atoms with Crippen LogP contribution in [0, 0.1) is 11.6 Å². The molecule has 1 aliphatic heterocycles. The van der Waals surface area contributed by atoms with Crippen molar-refractivity contribution in [3.05, 3.63) is 53.8 Å². The minimum Gasteiger partial charge on any atom is -0.398 e. The molecular weight excluding hydrogens is 346 g/mol. The van der Waals surface area contributed by atoms with Crippen LogP contribution >= 0.6 is 0 Å². The molecule has 1 aromatic carbocycles. The second kappa shape index (κ2) is 6.55. The Labute approximate surface area is 150 Å². The molecule has 9 heteroatoms. The fourth-order valence-corrected chi connectivity index (χ4v) is 2.59. The zero-order valence-corrected chi connectivity index (χ0v) is 15.0. The van der Waals surface area contributed by atoms with Gasteiger partial charge in [-0.2, -0.15) is 5.10 Å². The van der Waals surface area contributed by atoms with E-state index in [2.05, 4.69) is 10.1 Å². The van der Waals surface area contributed by atoms with E-state index in [1.165, 1.54) is 23.4 Å². The molecule has 2 aromatic rings. The van der Waals surface area contributed by atoms with E-state index in [1.807, 2.05) is 0 Å². The minimum atomic E-state index is -1.30. The second-order valence-electron chi connectivity index (χ2n) is 7.13. The molecule has 1 fully saturated rings. The molecule has 0 aliphatic carbocycles. The van der Waals surface area contributed by atoms with Gasteiger partial charge in [0.1, 0.15) is 30.0 Å². The highest BCUT2D eigenvalue weighted by molar-refractivity contribution is 6.55. The van der Waals surface area contributed by atoms with Crippen LogP contribution in [0.15, 0.2) is 36.6 Å². The number of benzene rings is 1. The summed E-state index contributed by atoms with van der Waals surface area (Å²) in [5.41, 5.74) is -2.44. The third-order valence-electron chi connectivity index (χ3n) is 4.79. The highest BCUT2D eigenvalue weighted by atomic mass is 19.1. The highest BCUT2D eigenvalue weighted by Crippen LogP contribution is 2.40. The Bertz CT molecular complexity index is 822. The summed E-state index contributed by atoms with van der Waals surface area (Å²) in [6, 6.07) is 2.95. The van der Waals surface area contributed by atoms with Crippen molar-refractivity contribution in [2.24, 2.45) is 0 Å². The number of rotatable bonds is 4. The molecule has 3 rings (SSSR count). The maximum absolute atomic E-state index is 15.3. The third-order valence-corrected chi connectivity index (χ3v) is 4.79. The smallest absolute Gasteiger partial charge is 0.398 e. The fourth-order valence-electron chi connectivity index (χ4n) is 2.59. The van der Waals surface area contributed by atoms with Gasteiger partial charge in [-0.1, -0.05) is 0 Å². The number of halogens is 3. The Kier molecular flexibility index (Phi) is 4.70. The van der Waals surface area contributed by atoms with Gasteiger partial charge < -0.3 is 9.31 Å². The third kappa shape index (κ3) is 3.41. The van der Waals surface area contributed by atoms with Crippen LogP contribution in [0.1, 0.15) is 33.3 Å². The van der Waals surface area contributed by atoms with Crippen LogP contribution in [0.5, 0.6) is 0 Å². The lowest BCUT2D eigenvalue weighted by atomic mass is 9.82. The van der Waals surface area contributed by atoms with Gasteiger partial charge in [0.05, 0.1) is 17.7 Å². The van der Waals surface area contributed by atoms with Crippen molar-refractivity contribution < 1.29 is 22.5 Å². The van der Waals surface area contributed by atoms with Crippen molar-refractivity contribution in [3.63, 3.8) is 0 Å². The number of nitrogens with zero attached hydrogens (tertiary/aromatic N) is 3. The van der Waals surface area contributed by atoms with Gasteiger partial charge in [-0.05, 0) is 39.8 Å². The molecule has 0 spiro atoms. The van der Waals surface area contributed by atoms with E-state index in [1.54, 1.807) is 27.7 Å². The van der Waals surface area contributed by atoms with Crippen molar-refractivity contribution in [1.29, 1.82) is 0 Å². The second-order valence-corrected chi connectivity index (χ2v) is 7.13. The zero-order chi connectivity index (χ0) is 19.1. The predicted octanol–water partition coefficient (Wildman–Crippen LogP) is 3.57. The zero-order valence-electron chi connectivity index (χ0n) is 15.0. The molecule has 0 radical (unpaired) electrons. The van der Waals surface area contributed by atoms with E-state index in [-0.39, 0.29) is 17.7 Å². The largest absolute Gasteiger partial charge is 0.525 e. The molecule has 0 unspecified atom stereocenters. The van der Waals surface area contributed by atoms with Gasteiger partial charge in [-0.3, -0.25) is 0 Å². The maximum atomic E-state index is 15.3. The van der Waals surface area contributed by atoms with Gasteiger partial charge in [0.15, 0.2) is 0 Å². The molecule has 0 bridgehead atoms. The molecular formula is C17H19BF3N3O2. The van der Waals surface area contributed by atoms with Gasteiger partial charge >= 0.3 is 7.12 Å². The lowest BCUT2D eigenvalue weighted by Gasteiger charge is -2.32. The molecule has 1 aliphatic rings. The van der Waals surface area contributed by atoms with Gasteiger partial charge in [0, 0.05) is 17.2 Å². The summed E-state index contributed by atoms with van der Waals surface area (Å²) in [5.74, 6) is -1.63. The summed E-state index contributed by atoms with van der Waals surface area (Å²) in [6.07, 6.45) is 2.66. The summed E-state index contributed by atoms with van der Waals surface area (Å²) in [5, 5.41) is 3.92. The Balaban J connectivity index is 2.06. The summed E-state index contributed by atoms with van der Waals surface area (Å²) in [4.78, 5) is 3.80. The first kappa shape index (κ1) is 18.7. The molecule has 5 nitrogen and oxygen atoms in total. The Hall–Kier alpha value is -2.13. The van der Waals surface area contributed by atoms with Crippen LogP contribution in [0.3, 0.4) is 0 Å². The van der Waals surface area contributed by atoms with E-state index < -0.39 is 35.7 Å². The Morgan fingerprint density at radius 1 is 1.15 bits per heavy atom. The first-order chi connectivity index (χ1) is 12.1. The van der Waals surface area contributed by atoms with E-state index in [9.17, 15) is 8.78 Å². The Morgan fingerprint density at radius 3 is 2.35 bits per heavy atom. The predicted molar refractivity (Wildman–Crippen MR) is 90.5 cm³/mol. The SMILES string of the molecule is CC1(C)OB(C(F)=C(Cn2cncn2)c2ccc(F)cc2F)OC1(C)C. The quantitative estimate of drug-likeness (QED) is 0.778. The number of hydrogen-bond acceptors (Lipinski definition) is 4. The fraction of sp³-hybridized carbons (Fsp3) is 0.412. The van der Waals surface area contributed by atoms with Crippen LogP contribution < -0.4 is 0 Å². The molecule has 0 N–H and O–H groups in total. The van der Waals surface area contributed by atoms with Crippen LogP contribution in [-0.4, -0.2) is 33.1 Å². The van der Waals surface area contributed by atoms with Crippen LogP contribution in [0.4, 0.5) is 13.2 Å². The molecule has 26 heavy (non-hydrogen) atoms. The van der Waals surface area contributed by atoms with Gasteiger partial charge in [0.25, 0.3) is 0 Å². The van der Waals surface area contributed by atoms with Crippen molar-refractivity contribution in [1.82, 2.24) is 14.8 Å². The molecule has 0 amide bonds. The average Bonchev–Trinajstić information content (AvgIpc) is 3.11. The number of allylic oxidation sites excluding steroid dienone is 1. The lowest BCUT2D eigenvalue weighted by Crippen LogP contribution is -2.41. The standard InChI is InChI=1S/C17H19BF3N3O2/c1-16(2)17(3,4)26-18(25-16)15(21)13(8-24-10-22-9-23-24)12-6-5-11(19)7-14(12)20/h5-7,9-10H,8H2,1-4H3. The molecule has 0 saturated carbocycles. The normalized spacial score (nSPS) is 19.6. The van der Waals surface area contributed by atoms with Crippen LogP contribution in [-0.2, 0) is 15.9 Å². The van der Waals surface area contributed by atoms with Gasteiger partial charge in [-0.25, -0.2) is 22.8 Å². The molecule has 1 aromatic heterocycles. The molecule has 2 heterocycles. The number of aromatic nitrogens is 3. The monoisotopic (exact) mass is 365 g/mol. The van der Waals surface area contributed by atoms with E-state index >= 15 is 4.39 Å². The van der Waals surface area contributed by atoms with Crippen molar-refractivity contribution in [3.8, 4) is 0 Å². The topological polar surface area (TPSA) is 49.2 Å². The van der Waals surface area contributed by atoms with Crippen molar-refractivity contribution in [2.45, 2.75) is 45.4 Å². The highest BCUT2D eigenvalue weighted by Gasteiger charge is 2.53. The maximum Gasteiger partial charge on any atom is 0.525 e. The molecule has 0 atom stereocenters. The molecule has 1 saturated heterocycles. The average molecular weight is 365 g/mol. The summed E-state index contributed by atoms with van der Waals surface area (Å²) in [6.45, 7) is 7.04. The van der Waals surface area contributed by atoms with Crippen molar-refractivity contribution in [2.75, 3.05) is 0 Å². The summed E-state index contributed by atoms with van der Waals surface area (Å²) >= 11 is 0. The lowest BCUT2D eigenvalue weighted by molar-refractivity contribution is 0.00578. The van der Waals surface area contributed by atoms with Crippen LogP contribution in [0.25, 0.3) is 5.57 Å². The van der Waals surface area contributed by atoms with Crippen molar-refractivity contribution >= 4 is 12.7 Å². The van der Waals surface area contributed by atoms with E-state index in [0.29, 0.717) is 6.07 Å². The van der Waals surface area contributed by atoms with Gasteiger partial charge in [-0.15, -0.1) is 0 Å². The van der Waals surface area contributed by atoms with E-state index in [0.717, 1.165) is 6.07 Å². The summed E-state index contributed by atoms with van der Waals surface area (Å²) < 4.78 is 55.7. The number of hydrogen-bond donors (Lipinski definition) is 0. The van der Waals surface area contributed by atoms with E-state index in [4.69, 9.17) is 9.31 Å². The molecule has 138 valence electrons.